The van der Waals surface area contributed by atoms with Gasteiger partial charge in [0.1, 0.15) is 11.7 Å². The standard InChI is InChI=1S/C23H25N3O4/c24-18-13-14(9-10-25-18)12-16-19(23(29)30)20(21(16)27)22(28)26-11-5-4-8-17(26)15-6-2-1-3-7-15/h1-3,6-7,9-10,13,16-17,19-20H,4-5,8,11-12H2,(H2,24,25)(H,29,30)/t16-,17?,19-,20?/m1/s1. The highest BCUT2D eigenvalue weighted by Crippen LogP contribution is 2.43. The van der Waals surface area contributed by atoms with Crippen LogP contribution in [0.3, 0.4) is 0 Å². The van der Waals surface area contributed by atoms with E-state index in [-0.39, 0.29) is 24.2 Å². The third-order valence-corrected chi connectivity index (χ3v) is 6.29. The van der Waals surface area contributed by atoms with Crippen LogP contribution in [0.25, 0.3) is 0 Å². The summed E-state index contributed by atoms with van der Waals surface area (Å²) < 4.78 is 0. The number of aromatic nitrogens is 1. The lowest BCUT2D eigenvalue weighted by Gasteiger charge is -2.44. The van der Waals surface area contributed by atoms with Crippen LogP contribution in [0.5, 0.6) is 0 Å². The van der Waals surface area contributed by atoms with Crippen LogP contribution in [0.2, 0.25) is 0 Å². The van der Waals surface area contributed by atoms with Gasteiger partial charge in [-0.1, -0.05) is 30.3 Å². The maximum absolute atomic E-state index is 13.4. The predicted molar refractivity (Wildman–Crippen MR) is 110 cm³/mol. The van der Waals surface area contributed by atoms with Gasteiger partial charge in [-0.2, -0.15) is 0 Å². The van der Waals surface area contributed by atoms with Gasteiger partial charge in [0.05, 0.1) is 12.0 Å². The van der Waals surface area contributed by atoms with Gasteiger partial charge in [-0.05, 0) is 48.9 Å². The number of benzene rings is 1. The van der Waals surface area contributed by atoms with Gasteiger partial charge < -0.3 is 15.7 Å². The molecule has 4 atom stereocenters. The van der Waals surface area contributed by atoms with Gasteiger partial charge in [-0.25, -0.2) is 4.98 Å². The quantitative estimate of drug-likeness (QED) is 0.736. The second-order valence-electron chi connectivity index (χ2n) is 8.10. The maximum Gasteiger partial charge on any atom is 0.308 e. The Labute approximate surface area is 174 Å². The number of carbonyl (C=O) groups is 3. The minimum absolute atomic E-state index is 0.117. The number of ketones is 1. The molecule has 1 amide bonds. The van der Waals surface area contributed by atoms with E-state index in [1.807, 2.05) is 30.3 Å². The molecule has 1 aliphatic heterocycles. The summed E-state index contributed by atoms with van der Waals surface area (Å²) in [5.41, 5.74) is 7.46. The Morgan fingerprint density at radius 3 is 2.63 bits per heavy atom. The third kappa shape index (κ3) is 3.67. The average Bonchev–Trinajstić information content (AvgIpc) is 2.75. The molecule has 2 aliphatic rings. The van der Waals surface area contributed by atoms with Crippen molar-refractivity contribution >= 4 is 23.5 Å². The highest BCUT2D eigenvalue weighted by Gasteiger charge is 2.58. The van der Waals surface area contributed by atoms with Crippen LogP contribution < -0.4 is 5.73 Å². The number of carboxylic acids is 1. The average molecular weight is 407 g/mol. The van der Waals surface area contributed by atoms with Crippen molar-refractivity contribution in [1.29, 1.82) is 0 Å². The Bertz CT molecular complexity index is 962. The van der Waals surface area contributed by atoms with Crippen LogP contribution in [0.1, 0.15) is 36.4 Å². The second-order valence-corrected chi connectivity index (χ2v) is 8.10. The molecule has 3 N–H and O–H groups in total. The Morgan fingerprint density at radius 1 is 1.17 bits per heavy atom. The molecule has 156 valence electrons. The predicted octanol–water partition coefficient (Wildman–Crippen LogP) is 2.48. The van der Waals surface area contributed by atoms with Gasteiger partial charge >= 0.3 is 5.97 Å². The highest BCUT2D eigenvalue weighted by molar-refractivity contribution is 6.12. The highest BCUT2D eigenvalue weighted by atomic mass is 16.4. The molecule has 30 heavy (non-hydrogen) atoms. The number of carbonyl (C=O) groups excluding carboxylic acids is 2. The van der Waals surface area contributed by atoms with Crippen molar-refractivity contribution in [3.05, 3.63) is 59.8 Å². The first-order valence-electron chi connectivity index (χ1n) is 10.3. The number of hydrogen-bond acceptors (Lipinski definition) is 5. The summed E-state index contributed by atoms with van der Waals surface area (Å²) in [5.74, 6) is -4.29. The molecule has 1 saturated heterocycles. The van der Waals surface area contributed by atoms with Crippen LogP contribution in [0.15, 0.2) is 48.7 Å². The number of hydrogen-bond donors (Lipinski definition) is 2. The minimum Gasteiger partial charge on any atom is -0.481 e. The van der Waals surface area contributed by atoms with E-state index in [4.69, 9.17) is 5.73 Å². The number of amides is 1. The molecule has 1 saturated carbocycles. The molecular formula is C23H25N3O4. The molecule has 1 aromatic carbocycles. The lowest BCUT2D eigenvalue weighted by molar-refractivity contribution is -0.171. The SMILES string of the molecule is Nc1cc(C[C@H]2C(=O)C(C(=O)N3CCCCC3c3ccccc3)[C@@H]2C(=O)O)ccn1. The molecule has 1 aromatic heterocycles. The molecule has 2 heterocycles. The molecule has 2 aromatic rings. The second kappa shape index (κ2) is 8.26. The largest absolute Gasteiger partial charge is 0.481 e. The number of rotatable bonds is 5. The Hall–Kier alpha value is -3.22. The van der Waals surface area contributed by atoms with Crippen LogP contribution in [-0.4, -0.2) is 39.2 Å². The van der Waals surface area contributed by atoms with Gasteiger partial charge in [-0.3, -0.25) is 14.4 Å². The zero-order valence-corrected chi connectivity index (χ0v) is 16.6. The summed E-state index contributed by atoms with van der Waals surface area (Å²) in [6, 6.07) is 13.0. The van der Waals surface area contributed by atoms with Gasteiger partial charge in [-0.15, -0.1) is 0 Å². The molecule has 1 aliphatic carbocycles. The van der Waals surface area contributed by atoms with E-state index in [0.717, 1.165) is 30.4 Å². The molecule has 7 heteroatoms. The normalized spacial score (nSPS) is 26.1. The van der Waals surface area contributed by atoms with E-state index in [1.165, 1.54) is 6.20 Å². The number of carboxylic acid groups (broad SMARTS) is 1. The molecule has 7 nitrogen and oxygen atoms in total. The van der Waals surface area contributed by atoms with Crippen molar-refractivity contribution in [3.8, 4) is 0 Å². The van der Waals surface area contributed by atoms with Crippen LogP contribution in [0.4, 0.5) is 5.82 Å². The number of anilines is 1. The van der Waals surface area contributed by atoms with E-state index in [1.54, 1.807) is 17.0 Å². The number of likely N-dealkylation sites (tertiary alicyclic amines) is 1. The number of Topliss-reactive ketones (excluding diaryl/α,β-unsaturated/α-hetero) is 1. The van der Waals surface area contributed by atoms with Crippen molar-refractivity contribution in [3.63, 3.8) is 0 Å². The van der Waals surface area contributed by atoms with Gasteiger partial charge in [0, 0.05) is 18.7 Å². The zero-order valence-electron chi connectivity index (χ0n) is 16.6. The summed E-state index contributed by atoms with van der Waals surface area (Å²) in [6.07, 6.45) is 4.44. The van der Waals surface area contributed by atoms with Crippen molar-refractivity contribution in [2.45, 2.75) is 31.7 Å². The smallest absolute Gasteiger partial charge is 0.308 e. The number of nitrogens with two attached hydrogens (primary N) is 1. The van der Waals surface area contributed by atoms with Crippen molar-refractivity contribution in [2.75, 3.05) is 12.3 Å². The molecule has 0 radical (unpaired) electrons. The molecule has 2 unspecified atom stereocenters. The number of aliphatic carboxylic acids is 1. The number of pyridine rings is 1. The van der Waals surface area contributed by atoms with E-state index in [9.17, 15) is 19.5 Å². The first-order valence-corrected chi connectivity index (χ1v) is 10.3. The topological polar surface area (TPSA) is 114 Å². The maximum atomic E-state index is 13.4. The van der Waals surface area contributed by atoms with Gasteiger partial charge in [0.25, 0.3) is 0 Å². The molecule has 0 spiro atoms. The summed E-state index contributed by atoms with van der Waals surface area (Å²) in [7, 11) is 0. The van der Waals surface area contributed by atoms with E-state index >= 15 is 0 Å². The van der Waals surface area contributed by atoms with E-state index < -0.39 is 23.7 Å². The Kier molecular flexibility index (Phi) is 5.53. The Balaban J connectivity index is 1.55. The number of nitrogen functional groups attached to an aromatic ring is 1. The fourth-order valence-electron chi connectivity index (χ4n) is 4.79. The molecule has 4 rings (SSSR count). The first-order chi connectivity index (χ1) is 14.5. The van der Waals surface area contributed by atoms with Gasteiger partial charge in [0.15, 0.2) is 5.78 Å². The minimum atomic E-state index is -1.11. The third-order valence-electron chi connectivity index (χ3n) is 6.29. The monoisotopic (exact) mass is 407 g/mol. The summed E-state index contributed by atoms with van der Waals surface area (Å²) >= 11 is 0. The summed E-state index contributed by atoms with van der Waals surface area (Å²) in [4.78, 5) is 43.9. The van der Waals surface area contributed by atoms with Crippen LogP contribution in [0, 0.1) is 17.8 Å². The zero-order chi connectivity index (χ0) is 21.3. The van der Waals surface area contributed by atoms with E-state index in [0.29, 0.717) is 12.4 Å². The number of piperidine rings is 1. The fraction of sp³-hybridized carbons (Fsp3) is 0.391. The van der Waals surface area contributed by atoms with Crippen LogP contribution >= 0.6 is 0 Å². The number of nitrogens with zero attached hydrogens (tertiary/aromatic N) is 2. The summed E-state index contributed by atoms with van der Waals surface area (Å²) in [6.45, 7) is 0.542. The molecular weight excluding hydrogens is 382 g/mol. The summed E-state index contributed by atoms with van der Waals surface area (Å²) in [5, 5.41) is 9.79. The molecule has 2 fully saturated rings. The Morgan fingerprint density at radius 2 is 1.93 bits per heavy atom. The molecule has 0 bridgehead atoms. The van der Waals surface area contributed by atoms with Crippen molar-refractivity contribution < 1.29 is 19.5 Å². The van der Waals surface area contributed by atoms with E-state index in [2.05, 4.69) is 4.98 Å². The van der Waals surface area contributed by atoms with Crippen molar-refractivity contribution in [1.82, 2.24) is 9.88 Å². The lowest BCUT2D eigenvalue weighted by Crippen LogP contribution is -2.59. The van der Waals surface area contributed by atoms with Gasteiger partial charge in [0.2, 0.25) is 5.91 Å². The van der Waals surface area contributed by atoms with Crippen LogP contribution in [-0.2, 0) is 20.8 Å². The first kappa shape index (κ1) is 20.1. The lowest BCUT2D eigenvalue weighted by atomic mass is 9.60. The fourth-order valence-corrected chi connectivity index (χ4v) is 4.79. The van der Waals surface area contributed by atoms with Crippen molar-refractivity contribution in [2.24, 2.45) is 17.8 Å².